The van der Waals surface area contributed by atoms with Crippen molar-refractivity contribution in [3.8, 4) is 0 Å². The maximum atomic E-state index is 12.4. The van der Waals surface area contributed by atoms with Crippen molar-refractivity contribution >= 4 is 46.2 Å². The Kier molecular flexibility index (Phi) is 5.29. The van der Waals surface area contributed by atoms with Crippen LogP contribution in [0.5, 0.6) is 0 Å². The summed E-state index contributed by atoms with van der Waals surface area (Å²) >= 11 is 0. The summed E-state index contributed by atoms with van der Waals surface area (Å²) in [5, 5.41) is 0.504. The molecule has 170 valence electrons. The van der Waals surface area contributed by atoms with Gasteiger partial charge in [-0.15, -0.1) is 0 Å². The van der Waals surface area contributed by atoms with Crippen LogP contribution < -0.4 is 15.8 Å². The number of pyridine rings is 3. The van der Waals surface area contributed by atoms with E-state index in [0.717, 1.165) is 66.7 Å². The number of piperazine rings is 1. The Hall–Kier alpha value is -3.07. The molecule has 2 saturated carbocycles. The van der Waals surface area contributed by atoms with Gasteiger partial charge in [0.25, 0.3) is 11.5 Å². The molecule has 3 aliphatic rings. The van der Waals surface area contributed by atoms with E-state index in [4.69, 9.17) is 23.5 Å². The van der Waals surface area contributed by atoms with Crippen LogP contribution in [0.3, 0.4) is 0 Å². The van der Waals surface area contributed by atoms with E-state index in [1.807, 2.05) is 18.3 Å². The number of fused-ring (bicyclic) bond motifs is 2. The van der Waals surface area contributed by atoms with E-state index in [2.05, 4.69) is 36.1 Å². The predicted molar refractivity (Wildman–Crippen MR) is 136 cm³/mol. The molecule has 0 aromatic carbocycles. The highest BCUT2D eigenvalue weighted by Crippen LogP contribution is 2.40. The Morgan fingerprint density at radius 2 is 1.94 bits per heavy atom. The second-order valence-electron chi connectivity index (χ2n) is 9.93. The first-order chi connectivity index (χ1) is 16.7. The minimum Gasteiger partial charge on any atom is -0.371 e. The molecule has 6 radical (unpaired) electrons. The number of hydrogen-bond donors (Lipinski definition) is 2. The molecule has 35 heavy (non-hydrogen) atoms. The number of anilines is 1. The summed E-state index contributed by atoms with van der Waals surface area (Å²) in [5.41, 5.74) is 4.81. The highest BCUT2D eigenvalue weighted by Gasteiger charge is 2.48. The van der Waals surface area contributed by atoms with Crippen LogP contribution in [0.25, 0.3) is 11.0 Å². The molecule has 11 heteroatoms. The smallest absolute Gasteiger partial charge is 0.268 e. The van der Waals surface area contributed by atoms with E-state index in [9.17, 15) is 9.59 Å². The van der Waals surface area contributed by atoms with E-state index in [0.29, 0.717) is 18.0 Å². The van der Waals surface area contributed by atoms with Crippen molar-refractivity contribution in [2.45, 2.75) is 49.0 Å². The van der Waals surface area contributed by atoms with E-state index >= 15 is 0 Å². The maximum absolute atomic E-state index is 12.4. The van der Waals surface area contributed by atoms with Gasteiger partial charge >= 0.3 is 0 Å². The Morgan fingerprint density at radius 1 is 1.11 bits per heavy atom. The molecular formula is C24H23B3N6O2. The molecule has 2 N–H and O–H groups in total. The Bertz CT molecular complexity index is 1350. The molecule has 4 heterocycles. The van der Waals surface area contributed by atoms with Crippen molar-refractivity contribution in [3.63, 3.8) is 0 Å². The molecule has 1 amide bonds. The van der Waals surface area contributed by atoms with Gasteiger partial charge in [0.1, 0.15) is 5.69 Å². The third-order valence-corrected chi connectivity index (χ3v) is 7.04. The molecule has 3 aromatic heterocycles. The van der Waals surface area contributed by atoms with Crippen LogP contribution in [0.1, 0.15) is 46.8 Å². The zero-order valence-electron chi connectivity index (χ0n) is 19.3. The Labute approximate surface area is 207 Å². The largest absolute Gasteiger partial charge is 0.371 e. The number of carbonyl (C=O) groups excluding carboxylic acids is 1. The number of hydrogen-bond acceptors (Lipinski definition) is 6. The van der Waals surface area contributed by atoms with E-state index in [1.165, 1.54) is 0 Å². The van der Waals surface area contributed by atoms with Crippen LogP contribution in [-0.4, -0.2) is 79.7 Å². The number of nitrogens with zero attached hydrogens (tertiary/aromatic N) is 4. The average Bonchev–Trinajstić information content (AvgIpc) is 3.72. The van der Waals surface area contributed by atoms with Crippen LogP contribution in [0.15, 0.2) is 41.5 Å². The number of aromatic amines is 1. The standard InChI is InChI=1S/C24H23B3N6O2/c25-24(26,27)31-23(35)17-4-3-15(11-29-17)33-6-5-32(20-9-21(20)33)12-13-7-19-18(28-10-13)8-16(14-1-2-14)22(34)30-19/h3-4,7-8,10-11,14,20-21H,1-2,5-6,9,12H2,(H,30,34)(H,31,35)/t20-,21+/m0/s1. The van der Waals surface area contributed by atoms with Gasteiger partial charge in [0.15, 0.2) is 0 Å². The molecule has 0 unspecified atom stereocenters. The van der Waals surface area contributed by atoms with Gasteiger partial charge in [0.2, 0.25) is 0 Å². The second-order valence-corrected chi connectivity index (χ2v) is 9.93. The number of carbonyl (C=O) groups is 1. The fourth-order valence-electron chi connectivity index (χ4n) is 5.09. The van der Waals surface area contributed by atoms with Gasteiger partial charge in [-0.05, 0) is 55.0 Å². The lowest BCUT2D eigenvalue weighted by molar-refractivity contribution is 0.0947. The van der Waals surface area contributed by atoms with Crippen molar-refractivity contribution in [3.05, 3.63) is 63.8 Å². The molecule has 3 fully saturated rings. The number of rotatable bonds is 6. The first kappa shape index (κ1) is 22.4. The molecule has 0 bridgehead atoms. The predicted octanol–water partition coefficient (Wildman–Crippen LogP) is 0.505. The lowest BCUT2D eigenvalue weighted by Crippen LogP contribution is -2.50. The maximum Gasteiger partial charge on any atom is 0.268 e. The summed E-state index contributed by atoms with van der Waals surface area (Å²) in [6, 6.07) is 8.40. The number of aromatic nitrogens is 3. The second kappa shape index (κ2) is 8.26. The summed E-state index contributed by atoms with van der Waals surface area (Å²) < 4.78 is 0. The van der Waals surface area contributed by atoms with E-state index < -0.39 is 11.1 Å². The van der Waals surface area contributed by atoms with Gasteiger partial charge in [-0.3, -0.25) is 19.5 Å². The SMILES string of the molecule is [B]C([B])([B])NC(=O)c1ccc(N2CCN(Cc3cnc4cc(C5CC5)c(=O)[nH]c4c3)[C@H]3C[C@H]32)cn1. The summed E-state index contributed by atoms with van der Waals surface area (Å²) in [4.78, 5) is 41.3. The van der Waals surface area contributed by atoms with Crippen molar-refractivity contribution in [1.29, 1.82) is 0 Å². The van der Waals surface area contributed by atoms with Crippen molar-refractivity contribution in [1.82, 2.24) is 25.2 Å². The first-order valence-electron chi connectivity index (χ1n) is 11.9. The number of H-pyrrole nitrogens is 1. The van der Waals surface area contributed by atoms with Crippen LogP contribution in [-0.2, 0) is 6.54 Å². The molecule has 8 nitrogen and oxygen atoms in total. The van der Waals surface area contributed by atoms with Gasteiger partial charge < -0.3 is 15.2 Å². The molecule has 1 saturated heterocycles. The summed E-state index contributed by atoms with van der Waals surface area (Å²) in [7, 11) is 16.3. The molecule has 6 rings (SSSR count). The van der Waals surface area contributed by atoms with E-state index in [1.54, 1.807) is 12.3 Å². The number of nitrogens with one attached hydrogen (secondary N) is 2. The van der Waals surface area contributed by atoms with Crippen molar-refractivity contribution < 1.29 is 4.79 Å². The van der Waals surface area contributed by atoms with Gasteiger partial charge in [-0.2, -0.15) is 0 Å². The van der Waals surface area contributed by atoms with Crippen LogP contribution in [0, 0.1) is 0 Å². The fraction of sp³-hybridized carbons (Fsp3) is 0.417. The highest BCUT2D eigenvalue weighted by molar-refractivity contribution is 6.60. The van der Waals surface area contributed by atoms with Crippen LogP contribution in [0.2, 0.25) is 0 Å². The Morgan fingerprint density at radius 3 is 2.66 bits per heavy atom. The minimum atomic E-state index is -1.79. The van der Waals surface area contributed by atoms with Crippen LogP contribution in [0.4, 0.5) is 5.69 Å². The molecule has 0 spiro atoms. The molecular weight excluding hydrogens is 437 g/mol. The third-order valence-electron chi connectivity index (χ3n) is 7.04. The normalized spacial score (nSPS) is 22.1. The average molecular weight is 460 g/mol. The number of amides is 1. The first-order valence-corrected chi connectivity index (χ1v) is 11.9. The zero-order chi connectivity index (χ0) is 24.3. The highest BCUT2D eigenvalue weighted by atomic mass is 16.2. The molecule has 2 aliphatic carbocycles. The molecule has 3 aromatic rings. The summed E-state index contributed by atoms with van der Waals surface area (Å²) in [5.74, 6) is -0.120. The van der Waals surface area contributed by atoms with Gasteiger partial charge in [-0.25, -0.2) is 4.98 Å². The minimum absolute atomic E-state index is 0.0142. The Balaban J connectivity index is 1.11. The zero-order valence-corrected chi connectivity index (χ0v) is 19.3. The lowest BCUT2D eigenvalue weighted by Gasteiger charge is -2.35. The van der Waals surface area contributed by atoms with E-state index in [-0.39, 0.29) is 11.3 Å². The lowest BCUT2D eigenvalue weighted by atomic mass is 9.49. The molecule has 2 atom stereocenters. The third kappa shape index (κ3) is 4.61. The fourth-order valence-corrected chi connectivity index (χ4v) is 5.09. The van der Waals surface area contributed by atoms with Crippen molar-refractivity contribution in [2.24, 2.45) is 0 Å². The van der Waals surface area contributed by atoms with Gasteiger partial charge in [-0.1, -0.05) is 5.24 Å². The topological polar surface area (TPSA) is 94.2 Å². The monoisotopic (exact) mass is 460 g/mol. The van der Waals surface area contributed by atoms with Gasteiger partial charge in [0, 0.05) is 43.5 Å². The summed E-state index contributed by atoms with van der Waals surface area (Å²) in [6.45, 7) is 2.55. The van der Waals surface area contributed by atoms with Crippen LogP contribution >= 0.6 is 0 Å². The van der Waals surface area contributed by atoms with Gasteiger partial charge in [0.05, 0.1) is 46.5 Å². The van der Waals surface area contributed by atoms with Crippen molar-refractivity contribution in [2.75, 3.05) is 18.0 Å². The molecule has 1 aliphatic heterocycles. The quantitative estimate of drug-likeness (QED) is 0.521. The summed E-state index contributed by atoms with van der Waals surface area (Å²) in [6.07, 6.45) is 6.88.